The first-order valence-electron chi connectivity index (χ1n) is 5.70. The van der Waals surface area contributed by atoms with E-state index in [1.165, 1.54) is 19.2 Å². The molecule has 18 heavy (non-hydrogen) atoms. The van der Waals surface area contributed by atoms with E-state index in [9.17, 15) is 9.18 Å². The molecule has 0 heterocycles. The van der Waals surface area contributed by atoms with Crippen molar-refractivity contribution < 1.29 is 13.9 Å². The van der Waals surface area contributed by atoms with Gasteiger partial charge in [0.25, 0.3) is 0 Å². The van der Waals surface area contributed by atoms with E-state index in [1.807, 2.05) is 20.8 Å². The summed E-state index contributed by atoms with van der Waals surface area (Å²) in [5.41, 5.74) is 0.265. The van der Waals surface area contributed by atoms with Gasteiger partial charge in [-0.3, -0.25) is 4.79 Å². The largest absolute Gasteiger partial charge is 0.494 e. The van der Waals surface area contributed by atoms with E-state index in [2.05, 4.69) is 10.6 Å². The van der Waals surface area contributed by atoms with Crippen molar-refractivity contribution in [3.8, 4) is 5.75 Å². The van der Waals surface area contributed by atoms with Crippen LogP contribution in [0.1, 0.15) is 20.8 Å². The average Bonchev–Trinajstić information content (AvgIpc) is 2.24. The standard InChI is InChI=1S/C13H19FN2O2/c1-13(2,3)16-12(17)8-15-9-5-6-11(18-4)10(14)7-9/h5-7,15H,8H2,1-4H3,(H,16,17). The number of carbonyl (C=O) groups excluding carboxylic acids is 1. The van der Waals surface area contributed by atoms with Gasteiger partial charge in [-0.15, -0.1) is 0 Å². The number of benzene rings is 1. The Morgan fingerprint density at radius 3 is 2.56 bits per heavy atom. The minimum atomic E-state index is -0.460. The molecule has 1 rings (SSSR count). The van der Waals surface area contributed by atoms with Crippen molar-refractivity contribution in [3.63, 3.8) is 0 Å². The molecule has 0 aromatic heterocycles. The minimum absolute atomic E-state index is 0.100. The zero-order chi connectivity index (χ0) is 13.8. The number of hydrogen-bond donors (Lipinski definition) is 2. The van der Waals surface area contributed by atoms with Gasteiger partial charge in [-0.05, 0) is 32.9 Å². The first kappa shape index (κ1) is 14.3. The summed E-state index contributed by atoms with van der Waals surface area (Å²) >= 11 is 0. The van der Waals surface area contributed by atoms with Crippen molar-refractivity contribution in [2.24, 2.45) is 0 Å². The number of methoxy groups -OCH3 is 1. The van der Waals surface area contributed by atoms with Crippen LogP contribution in [0.3, 0.4) is 0 Å². The molecule has 0 saturated heterocycles. The molecule has 0 saturated carbocycles. The summed E-state index contributed by atoms with van der Waals surface area (Å²) in [5, 5.41) is 5.66. The average molecular weight is 254 g/mol. The lowest BCUT2D eigenvalue weighted by atomic mass is 10.1. The van der Waals surface area contributed by atoms with Crippen LogP contribution in [-0.2, 0) is 4.79 Å². The summed E-state index contributed by atoms with van der Waals surface area (Å²) < 4.78 is 18.2. The molecule has 0 bridgehead atoms. The lowest BCUT2D eigenvalue weighted by molar-refractivity contribution is -0.120. The second-order valence-electron chi connectivity index (χ2n) is 5.00. The van der Waals surface area contributed by atoms with Crippen molar-refractivity contribution in [2.45, 2.75) is 26.3 Å². The van der Waals surface area contributed by atoms with E-state index in [0.29, 0.717) is 5.69 Å². The molecule has 1 aromatic carbocycles. The molecule has 0 aliphatic rings. The fourth-order valence-electron chi connectivity index (χ4n) is 1.42. The van der Waals surface area contributed by atoms with Crippen molar-refractivity contribution in [1.82, 2.24) is 5.32 Å². The number of ether oxygens (including phenoxy) is 1. The van der Waals surface area contributed by atoms with Gasteiger partial charge in [0.2, 0.25) is 5.91 Å². The van der Waals surface area contributed by atoms with Gasteiger partial charge in [0.05, 0.1) is 13.7 Å². The Morgan fingerprint density at radius 1 is 1.39 bits per heavy atom. The van der Waals surface area contributed by atoms with Crippen LogP contribution in [-0.4, -0.2) is 25.1 Å². The van der Waals surface area contributed by atoms with Crippen molar-refractivity contribution in [2.75, 3.05) is 19.0 Å². The monoisotopic (exact) mass is 254 g/mol. The Balaban J connectivity index is 2.54. The summed E-state index contributed by atoms with van der Waals surface area (Å²) in [4.78, 5) is 11.5. The van der Waals surface area contributed by atoms with Gasteiger partial charge in [0.1, 0.15) is 0 Å². The maximum atomic E-state index is 13.4. The van der Waals surface area contributed by atoms with E-state index in [4.69, 9.17) is 4.74 Å². The molecular formula is C13H19FN2O2. The van der Waals surface area contributed by atoms with Gasteiger partial charge in [-0.1, -0.05) is 0 Å². The quantitative estimate of drug-likeness (QED) is 0.865. The second-order valence-corrected chi connectivity index (χ2v) is 5.00. The molecule has 100 valence electrons. The van der Waals surface area contributed by atoms with Crippen LogP contribution >= 0.6 is 0 Å². The van der Waals surface area contributed by atoms with Gasteiger partial charge < -0.3 is 15.4 Å². The maximum Gasteiger partial charge on any atom is 0.239 e. The van der Waals surface area contributed by atoms with E-state index < -0.39 is 5.82 Å². The van der Waals surface area contributed by atoms with Crippen LogP contribution in [0.2, 0.25) is 0 Å². The van der Waals surface area contributed by atoms with Gasteiger partial charge >= 0.3 is 0 Å². The Labute approximate surface area is 107 Å². The second kappa shape index (κ2) is 5.71. The highest BCUT2D eigenvalue weighted by Gasteiger charge is 2.13. The molecule has 0 unspecified atom stereocenters. The Bertz CT molecular complexity index is 427. The number of carbonyl (C=O) groups is 1. The smallest absolute Gasteiger partial charge is 0.239 e. The summed E-state index contributed by atoms with van der Waals surface area (Å²) in [6.45, 7) is 5.80. The van der Waals surface area contributed by atoms with Crippen LogP contribution in [0.25, 0.3) is 0 Å². The van der Waals surface area contributed by atoms with Crippen LogP contribution in [0.15, 0.2) is 18.2 Å². The van der Waals surface area contributed by atoms with Gasteiger partial charge in [-0.25, -0.2) is 4.39 Å². The molecule has 2 N–H and O–H groups in total. The predicted molar refractivity (Wildman–Crippen MR) is 69.3 cm³/mol. The highest BCUT2D eigenvalue weighted by Crippen LogP contribution is 2.20. The number of anilines is 1. The fourth-order valence-corrected chi connectivity index (χ4v) is 1.42. The number of rotatable bonds is 4. The number of halogens is 1. The Kier molecular flexibility index (Phi) is 4.53. The fraction of sp³-hybridized carbons (Fsp3) is 0.462. The molecule has 0 aliphatic carbocycles. The highest BCUT2D eigenvalue weighted by atomic mass is 19.1. The molecule has 5 heteroatoms. The summed E-state index contributed by atoms with van der Waals surface area (Å²) in [6, 6.07) is 4.47. The molecule has 0 aliphatic heterocycles. The van der Waals surface area contributed by atoms with Crippen LogP contribution < -0.4 is 15.4 Å². The number of nitrogens with one attached hydrogen (secondary N) is 2. The van der Waals surface area contributed by atoms with Crippen LogP contribution in [0, 0.1) is 5.82 Å². The first-order valence-corrected chi connectivity index (χ1v) is 5.70. The third-order valence-electron chi connectivity index (χ3n) is 2.12. The molecule has 4 nitrogen and oxygen atoms in total. The molecule has 0 fully saturated rings. The first-order chi connectivity index (χ1) is 8.31. The summed E-state index contributed by atoms with van der Waals surface area (Å²) in [6.07, 6.45) is 0. The molecule has 0 radical (unpaired) electrons. The number of amides is 1. The molecule has 0 spiro atoms. The maximum absolute atomic E-state index is 13.4. The topological polar surface area (TPSA) is 50.4 Å². The van der Waals surface area contributed by atoms with Gasteiger partial charge in [0.15, 0.2) is 11.6 Å². The molecule has 0 atom stereocenters. The third-order valence-corrected chi connectivity index (χ3v) is 2.12. The summed E-state index contributed by atoms with van der Waals surface area (Å²) in [5.74, 6) is -0.419. The molecule has 1 aromatic rings. The predicted octanol–water partition coefficient (Wildman–Crippen LogP) is 2.16. The number of hydrogen-bond acceptors (Lipinski definition) is 3. The third kappa shape index (κ3) is 4.61. The zero-order valence-corrected chi connectivity index (χ0v) is 11.1. The van der Waals surface area contributed by atoms with Gasteiger partial charge in [-0.2, -0.15) is 0 Å². The minimum Gasteiger partial charge on any atom is -0.494 e. The van der Waals surface area contributed by atoms with E-state index >= 15 is 0 Å². The lowest BCUT2D eigenvalue weighted by Gasteiger charge is -2.20. The van der Waals surface area contributed by atoms with Crippen molar-refractivity contribution in [1.29, 1.82) is 0 Å². The van der Waals surface area contributed by atoms with Gasteiger partial charge in [0, 0.05) is 17.3 Å². The van der Waals surface area contributed by atoms with Crippen LogP contribution in [0.4, 0.5) is 10.1 Å². The van der Waals surface area contributed by atoms with Crippen LogP contribution in [0.5, 0.6) is 5.75 Å². The molecule has 1 amide bonds. The molecular weight excluding hydrogens is 235 g/mol. The van der Waals surface area contributed by atoms with E-state index in [-0.39, 0.29) is 23.7 Å². The van der Waals surface area contributed by atoms with E-state index in [0.717, 1.165) is 0 Å². The normalized spacial score (nSPS) is 10.9. The Morgan fingerprint density at radius 2 is 2.06 bits per heavy atom. The Hall–Kier alpha value is -1.78. The highest BCUT2D eigenvalue weighted by molar-refractivity contribution is 5.81. The van der Waals surface area contributed by atoms with Crippen molar-refractivity contribution in [3.05, 3.63) is 24.0 Å². The lowest BCUT2D eigenvalue weighted by Crippen LogP contribution is -2.43. The SMILES string of the molecule is COc1ccc(NCC(=O)NC(C)(C)C)cc1F. The zero-order valence-electron chi connectivity index (χ0n) is 11.1. The van der Waals surface area contributed by atoms with Crippen molar-refractivity contribution >= 4 is 11.6 Å². The summed E-state index contributed by atoms with van der Waals surface area (Å²) in [7, 11) is 1.41. The van der Waals surface area contributed by atoms with E-state index in [1.54, 1.807) is 6.07 Å².